The fraction of sp³-hybridized carbons (Fsp3) is 0.480. The zero-order valence-electron chi connectivity index (χ0n) is 20.2. The summed E-state index contributed by atoms with van der Waals surface area (Å²) in [5.74, 6) is -0.831. The van der Waals surface area contributed by atoms with Crippen LogP contribution in [0.4, 0.5) is 0 Å². The maximum atomic E-state index is 12.7. The lowest BCUT2D eigenvalue weighted by atomic mass is 9.98. The number of ether oxygens (including phenoxy) is 5. The van der Waals surface area contributed by atoms with Crippen LogP contribution in [0.1, 0.15) is 17.3 Å². The zero-order valence-corrected chi connectivity index (χ0v) is 20.2. The van der Waals surface area contributed by atoms with Gasteiger partial charge in [0.25, 0.3) is 0 Å². The van der Waals surface area contributed by atoms with Crippen LogP contribution < -0.4 is 4.74 Å². The minimum Gasteiger partial charge on any atom is -0.508 e. The summed E-state index contributed by atoms with van der Waals surface area (Å²) in [6.07, 6.45) is -14.4. The van der Waals surface area contributed by atoms with Crippen molar-refractivity contribution in [2.45, 2.75) is 68.3 Å². The van der Waals surface area contributed by atoms with Crippen LogP contribution in [-0.2, 0) is 18.9 Å². The van der Waals surface area contributed by atoms with Crippen molar-refractivity contribution in [3.05, 3.63) is 54.1 Å². The molecule has 10 atom stereocenters. The van der Waals surface area contributed by atoms with E-state index in [1.165, 1.54) is 55.5 Å². The van der Waals surface area contributed by atoms with Gasteiger partial charge >= 0.3 is 5.97 Å². The Morgan fingerprint density at radius 3 is 2.00 bits per heavy atom. The largest absolute Gasteiger partial charge is 0.508 e. The minimum absolute atomic E-state index is 0.0301. The maximum absolute atomic E-state index is 12.7. The molecule has 0 unspecified atom stereocenters. The molecule has 2 saturated heterocycles. The summed E-state index contributed by atoms with van der Waals surface area (Å²) >= 11 is 0. The summed E-state index contributed by atoms with van der Waals surface area (Å²) in [5.41, 5.74) is 0.0396. The number of phenols is 2. The van der Waals surface area contributed by atoms with E-state index in [2.05, 4.69) is 0 Å². The van der Waals surface area contributed by atoms with Gasteiger partial charge in [0.05, 0.1) is 18.3 Å². The molecule has 13 heteroatoms. The lowest BCUT2D eigenvalue weighted by Gasteiger charge is -2.43. The van der Waals surface area contributed by atoms with Gasteiger partial charge in [0, 0.05) is 0 Å². The van der Waals surface area contributed by atoms with E-state index in [-0.39, 0.29) is 22.8 Å². The van der Waals surface area contributed by atoms with Crippen molar-refractivity contribution < 1.29 is 64.2 Å². The van der Waals surface area contributed by atoms with Gasteiger partial charge in [-0.3, -0.25) is 0 Å². The highest BCUT2D eigenvalue weighted by molar-refractivity contribution is 5.89. The Hall–Kier alpha value is -3.01. The molecule has 2 aromatic carbocycles. The SMILES string of the molecule is C[C@@H]1O[C@@H](OC[C@H]2O[C@@H](Oc3ccc(O)cc3)[C@H](O)[C@@H](OC(=O)c3ccc(O)cc3)[C@@H]2O)[C@H](O)[C@H](O)[C@H]1O. The predicted octanol–water partition coefficient (Wildman–Crippen LogP) is -1.01. The second-order valence-electron chi connectivity index (χ2n) is 9.07. The monoisotopic (exact) mass is 538 g/mol. The quantitative estimate of drug-likeness (QED) is 0.211. The molecule has 2 heterocycles. The van der Waals surface area contributed by atoms with E-state index in [1.807, 2.05) is 0 Å². The van der Waals surface area contributed by atoms with Crippen molar-refractivity contribution in [1.82, 2.24) is 0 Å². The lowest BCUT2D eigenvalue weighted by Crippen LogP contribution is -2.62. The molecule has 7 N–H and O–H groups in total. The maximum Gasteiger partial charge on any atom is 0.338 e. The first kappa shape index (κ1) is 28.0. The Bertz CT molecular complexity index is 1060. The molecule has 0 aromatic heterocycles. The summed E-state index contributed by atoms with van der Waals surface area (Å²) < 4.78 is 27.7. The summed E-state index contributed by atoms with van der Waals surface area (Å²) in [6.45, 7) is 1.01. The Balaban J connectivity index is 1.51. The average Bonchev–Trinajstić information content (AvgIpc) is 2.90. The summed E-state index contributed by atoms with van der Waals surface area (Å²) in [7, 11) is 0. The van der Waals surface area contributed by atoms with Crippen LogP contribution in [0.2, 0.25) is 0 Å². The topological polar surface area (TPSA) is 205 Å². The standard InChI is InChI=1S/C25H30O13/c1-11-17(28)19(30)20(31)24(35-11)34-10-16-18(29)22(38-23(33)12-2-4-13(26)5-3-12)21(32)25(37-16)36-15-8-6-14(27)7-9-15/h2-9,11,16-22,24-32H,10H2,1H3/t11-,16+,17-,18+,19+,20+,21+,22-,24+,25+/m0/s1. The molecule has 0 radical (unpaired) electrons. The molecule has 0 amide bonds. The second-order valence-corrected chi connectivity index (χ2v) is 9.07. The summed E-state index contributed by atoms with van der Waals surface area (Å²) in [5, 5.41) is 70.9. The van der Waals surface area contributed by atoms with Gasteiger partial charge in [0.1, 0.15) is 47.8 Å². The number of aliphatic hydroxyl groups is 5. The first-order valence-corrected chi connectivity index (χ1v) is 11.8. The predicted molar refractivity (Wildman–Crippen MR) is 125 cm³/mol. The van der Waals surface area contributed by atoms with Crippen LogP contribution in [0.3, 0.4) is 0 Å². The molecular formula is C25H30O13. The molecule has 2 aliphatic heterocycles. The van der Waals surface area contributed by atoms with Crippen LogP contribution in [0.25, 0.3) is 0 Å². The van der Waals surface area contributed by atoms with Gasteiger partial charge in [0.15, 0.2) is 18.5 Å². The van der Waals surface area contributed by atoms with Crippen LogP contribution in [0.15, 0.2) is 48.5 Å². The molecule has 13 nitrogen and oxygen atoms in total. The van der Waals surface area contributed by atoms with E-state index in [4.69, 9.17) is 23.7 Å². The highest BCUT2D eigenvalue weighted by Crippen LogP contribution is 2.29. The first-order valence-electron chi connectivity index (χ1n) is 11.8. The van der Waals surface area contributed by atoms with Gasteiger partial charge in [-0.05, 0) is 55.5 Å². The smallest absolute Gasteiger partial charge is 0.338 e. The van der Waals surface area contributed by atoms with Gasteiger partial charge in [-0.2, -0.15) is 0 Å². The lowest BCUT2D eigenvalue weighted by molar-refractivity contribution is -0.318. The number of esters is 1. The van der Waals surface area contributed by atoms with E-state index >= 15 is 0 Å². The third-order valence-corrected chi connectivity index (χ3v) is 6.31. The Labute approximate surface area is 217 Å². The third kappa shape index (κ3) is 6.17. The molecule has 2 fully saturated rings. The molecule has 0 bridgehead atoms. The van der Waals surface area contributed by atoms with Gasteiger partial charge in [-0.15, -0.1) is 0 Å². The normalized spacial score (nSPS) is 35.4. The molecule has 0 spiro atoms. The van der Waals surface area contributed by atoms with Gasteiger partial charge < -0.3 is 59.4 Å². The highest BCUT2D eigenvalue weighted by Gasteiger charge is 2.49. The Morgan fingerprint density at radius 1 is 0.763 bits per heavy atom. The van der Waals surface area contributed by atoms with E-state index in [9.17, 15) is 40.5 Å². The molecule has 4 rings (SSSR count). The summed E-state index contributed by atoms with van der Waals surface area (Å²) in [6, 6.07) is 10.6. The van der Waals surface area contributed by atoms with E-state index in [0.29, 0.717) is 0 Å². The zero-order chi connectivity index (χ0) is 27.6. The molecule has 208 valence electrons. The molecule has 0 aliphatic carbocycles. The van der Waals surface area contributed by atoms with Crippen molar-refractivity contribution in [3.8, 4) is 17.2 Å². The van der Waals surface area contributed by atoms with E-state index < -0.39 is 74.0 Å². The minimum atomic E-state index is -1.68. The van der Waals surface area contributed by atoms with Crippen molar-refractivity contribution in [2.75, 3.05) is 6.61 Å². The molecule has 0 saturated carbocycles. The number of carbonyl (C=O) groups excluding carboxylic acids is 1. The van der Waals surface area contributed by atoms with Crippen molar-refractivity contribution >= 4 is 5.97 Å². The first-order chi connectivity index (χ1) is 18.0. The molecule has 2 aliphatic rings. The van der Waals surface area contributed by atoms with Crippen molar-refractivity contribution in [1.29, 1.82) is 0 Å². The third-order valence-electron chi connectivity index (χ3n) is 6.31. The fourth-order valence-corrected chi connectivity index (χ4v) is 4.07. The highest BCUT2D eigenvalue weighted by atomic mass is 16.7. The number of aromatic hydroxyl groups is 2. The van der Waals surface area contributed by atoms with Gasteiger partial charge in [-0.1, -0.05) is 0 Å². The number of phenolic OH excluding ortho intramolecular Hbond substituents is 2. The molecular weight excluding hydrogens is 508 g/mol. The number of aliphatic hydroxyl groups excluding tert-OH is 5. The van der Waals surface area contributed by atoms with Crippen molar-refractivity contribution in [2.24, 2.45) is 0 Å². The van der Waals surface area contributed by atoms with Gasteiger partial charge in [0.2, 0.25) is 6.29 Å². The van der Waals surface area contributed by atoms with Crippen LogP contribution in [0.5, 0.6) is 17.2 Å². The Kier molecular flexibility index (Phi) is 8.70. The number of benzene rings is 2. The number of carbonyl (C=O) groups is 1. The molecule has 2 aromatic rings. The van der Waals surface area contributed by atoms with Crippen molar-refractivity contribution in [3.63, 3.8) is 0 Å². The number of hydrogen-bond acceptors (Lipinski definition) is 13. The van der Waals surface area contributed by atoms with Crippen LogP contribution in [0, 0.1) is 0 Å². The van der Waals surface area contributed by atoms with Gasteiger partial charge in [-0.25, -0.2) is 4.79 Å². The number of rotatable bonds is 7. The van der Waals surface area contributed by atoms with Crippen LogP contribution >= 0.6 is 0 Å². The van der Waals surface area contributed by atoms with Crippen LogP contribution in [-0.4, -0.2) is 110 Å². The summed E-state index contributed by atoms with van der Waals surface area (Å²) in [4.78, 5) is 12.7. The Morgan fingerprint density at radius 2 is 1.37 bits per heavy atom. The van der Waals surface area contributed by atoms with E-state index in [1.54, 1.807) is 0 Å². The second kappa shape index (κ2) is 11.8. The van der Waals surface area contributed by atoms with E-state index in [0.717, 1.165) is 0 Å². The molecule has 38 heavy (non-hydrogen) atoms. The number of hydrogen-bond donors (Lipinski definition) is 7. The average molecular weight is 539 g/mol. The fourth-order valence-electron chi connectivity index (χ4n) is 4.07.